The van der Waals surface area contributed by atoms with Gasteiger partial charge in [0.1, 0.15) is 5.75 Å². The third kappa shape index (κ3) is 3.08. The second-order valence-electron chi connectivity index (χ2n) is 4.46. The number of aryl methyl sites for hydroxylation is 1. The number of hydrogen-bond acceptors (Lipinski definition) is 4. The van der Waals surface area contributed by atoms with Crippen molar-refractivity contribution in [2.45, 2.75) is 6.92 Å². The lowest BCUT2D eigenvalue weighted by atomic mass is 10.2. The van der Waals surface area contributed by atoms with Crippen molar-refractivity contribution in [3.05, 3.63) is 54.0 Å². The number of nitrogens with zero attached hydrogens (tertiary/aromatic N) is 2. The summed E-state index contributed by atoms with van der Waals surface area (Å²) in [6.45, 7) is 1.90. The number of aromatic nitrogens is 4. The van der Waals surface area contributed by atoms with Gasteiger partial charge in [-0.2, -0.15) is 5.10 Å². The highest BCUT2D eigenvalue weighted by Crippen LogP contribution is 2.22. The van der Waals surface area contributed by atoms with Gasteiger partial charge in [0.25, 0.3) is 5.91 Å². The minimum atomic E-state index is -0.222. The Morgan fingerprint density at radius 2 is 2.10 bits per heavy atom. The number of benzene rings is 1. The van der Waals surface area contributed by atoms with E-state index in [0.717, 1.165) is 5.69 Å². The average Bonchev–Trinajstić information content (AvgIpc) is 3.13. The number of rotatable bonds is 4. The lowest BCUT2D eigenvalue weighted by molar-refractivity contribution is 0.102. The molecule has 2 aromatic heterocycles. The number of amides is 1. The summed E-state index contributed by atoms with van der Waals surface area (Å²) in [6, 6.07) is 8.83. The van der Waals surface area contributed by atoms with Crippen LogP contribution < -0.4 is 10.1 Å². The molecule has 0 fully saturated rings. The zero-order chi connectivity index (χ0) is 14.7. The first-order valence-corrected chi connectivity index (χ1v) is 6.31. The van der Waals surface area contributed by atoms with E-state index in [1.165, 1.54) is 12.4 Å². The number of carbonyl (C=O) groups excluding carboxylic acids is 1. The van der Waals surface area contributed by atoms with Crippen molar-refractivity contribution >= 4 is 11.6 Å². The van der Waals surface area contributed by atoms with Crippen LogP contribution >= 0.6 is 0 Å². The third-order valence-electron chi connectivity index (χ3n) is 2.78. The molecule has 0 unspecified atom stereocenters. The number of aromatic amines is 2. The van der Waals surface area contributed by atoms with Crippen LogP contribution in [0.2, 0.25) is 0 Å². The molecule has 3 rings (SSSR count). The molecule has 3 N–H and O–H groups in total. The smallest absolute Gasteiger partial charge is 0.258 e. The van der Waals surface area contributed by atoms with E-state index in [1.54, 1.807) is 30.3 Å². The predicted molar refractivity (Wildman–Crippen MR) is 76.4 cm³/mol. The second kappa shape index (κ2) is 5.49. The first-order chi connectivity index (χ1) is 10.2. The average molecular weight is 283 g/mol. The fourth-order valence-corrected chi connectivity index (χ4v) is 1.75. The molecule has 7 heteroatoms. The van der Waals surface area contributed by atoms with Gasteiger partial charge in [-0.05, 0) is 31.2 Å². The third-order valence-corrected chi connectivity index (χ3v) is 2.78. The lowest BCUT2D eigenvalue weighted by Gasteiger charge is -2.05. The van der Waals surface area contributed by atoms with E-state index in [1.807, 2.05) is 6.92 Å². The van der Waals surface area contributed by atoms with Crippen molar-refractivity contribution in [1.82, 2.24) is 20.4 Å². The number of anilines is 1. The molecule has 0 spiro atoms. The Labute approximate surface area is 120 Å². The first-order valence-electron chi connectivity index (χ1n) is 6.31. The van der Waals surface area contributed by atoms with Gasteiger partial charge in [-0.1, -0.05) is 0 Å². The van der Waals surface area contributed by atoms with Gasteiger partial charge in [-0.25, -0.2) is 0 Å². The van der Waals surface area contributed by atoms with Crippen LogP contribution in [0.25, 0.3) is 0 Å². The number of ether oxygens (including phenoxy) is 1. The Morgan fingerprint density at radius 1 is 1.29 bits per heavy atom. The summed E-state index contributed by atoms with van der Waals surface area (Å²) in [5.41, 5.74) is 2.07. The monoisotopic (exact) mass is 283 g/mol. The molecule has 0 aliphatic heterocycles. The number of hydrogen-bond donors (Lipinski definition) is 3. The minimum Gasteiger partial charge on any atom is -0.438 e. The van der Waals surface area contributed by atoms with Gasteiger partial charge in [0.05, 0.1) is 11.8 Å². The SMILES string of the molecule is Cc1cc(Oc2ccc(NC(=O)c3cn[nH]c3)cc2)n[nH]1. The van der Waals surface area contributed by atoms with Gasteiger partial charge in [0, 0.05) is 23.6 Å². The molecular formula is C14H13N5O2. The highest BCUT2D eigenvalue weighted by atomic mass is 16.5. The number of carbonyl (C=O) groups is 1. The molecule has 0 saturated carbocycles. The molecular weight excluding hydrogens is 270 g/mol. The Hall–Kier alpha value is -3.09. The van der Waals surface area contributed by atoms with Gasteiger partial charge < -0.3 is 10.1 Å². The summed E-state index contributed by atoms with van der Waals surface area (Å²) < 4.78 is 5.56. The quantitative estimate of drug-likeness (QED) is 0.685. The normalized spacial score (nSPS) is 10.3. The van der Waals surface area contributed by atoms with Crippen LogP contribution in [-0.2, 0) is 0 Å². The maximum Gasteiger partial charge on any atom is 0.258 e. The van der Waals surface area contributed by atoms with E-state index in [2.05, 4.69) is 25.7 Å². The molecule has 3 aromatic rings. The topological polar surface area (TPSA) is 95.7 Å². The highest BCUT2D eigenvalue weighted by Gasteiger charge is 2.07. The minimum absolute atomic E-state index is 0.222. The van der Waals surface area contributed by atoms with Crippen LogP contribution in [0.4, 0.5) is 5.69 Å². The van der Waals surface area contributed by atoms with E-state index >= 15 is 0 Å². The van der Waals surface area contributed by atoms with E-state index in [0.29, 0.717) is 22.9 Å². The summed E-state index contributed by atoms with van der Waals surface area (Å²) in [6.07, 6.45) is 3.00. The van der Waals surface area contributed by atoms with E-state index in [9.17, 15) is 4.79 Å². The number of nitrogens with one attached hydrogen (secondary N) is 3. The molecule has 0 atom stereocenters. The van der Waals surface area contributed by atoms with Crippen LogP contribution in [0.5, 0.6) is 11.6 Å². The summed E-state index contributed by atoms with van der Waals surface area (Å²) in [5.74, 6) is 0.922. The van der Waals surface area contributed by atoms with Crippen LogP contribution in [0.3, 0.4) is 0 Å². The van der Waals surface area contributed by atoms with Crippen molar-refractivity contribution in [2.75, 3.05) is 5.32 Å². The molecule has 1 aromatic carbocycles. The Balaban J connectivity index is 1.65. The van der Waals surface area contributed by atoms with Gasteiger partial charge in [-0.3, -0.25) is 15.0 Å². The standard InChI is InChI=1S/C14H13N5O2/c1-9-6-13(19-18-9)21-12-4-2-11(3-5-12)17-14(20)10-7-15-16-8-10/h2-8H,1H3,(H,15,16)(H,17,20)(H,18,19). The highest BCUT2D eigenvalue weighted by molar-refractivity contribution is 6.03. The zero-order valence-electron chi connectivity index (χ0n) is 11.3. The fourth-order valence-electron chi connectivity index (χ4n) is 1.75. The maximum absolute atomic E-state index is 11.8. The zero-order valence-corrected chi connectivity index (χ0v) is 11.3. The molecule has 106 valence electrons. The lowest BCUT2D eigenvalue weighted by Crippen LogP contribution is -2.10. The Bertz CT molecular complexity index is 731. The van der Waals surface area contributed by atoms with Gasteiger partial charge in [0.15, 0.2) is 0 Å². The van der Waals surface area contributed by atoms with Crippen molar-refractivity contribution in [3.63, 3.8) is 0 Å². The van der Waals surface area contributed by atoms with Gasteiger partial charge >= 0.3 is 0 Å². The van der Waals surface area contributed by atoms with Gasteiger partial charge in [-0.15, -0.1) is 5.10 Å². The van der Waals surface area contributed by atoms with Crippen LogP contribution in [0, 0.1) is 6.92 Å². The molecule has 0 aliphatic carbocycles. The Kier molecular flexibility index (Phi) is 3.38. The van der Waals surface area contributed by atoms with Gasteiger partial charge in [0.2, 0.25) is 5.88 Å². The van der Waals surface area contributed by atoms with Crippen LogP contribution in [-0.4, -0.2) is 26.3 Å². The molecule has 0 bridgehead atoms. The molecule has 0 aliphatic rings. The predicted octanol–water partition coefficient (Wildman–Crippen LogP) is 2.49. The molecule has 0 radical (unpaired) electrons. The van der Waals surface area contributed by atoms with E-state index in [-0.39, 0.29) is 5.91 Å². The molecule has 1 amide bonds. The summed E-state index contributed by atoms with van der Waals surface area (Å²) >= 11 is 0. The molecule has 0 saturated heterocycles. The fraction of sp³-hybridized carbons (Fsp3) is 0.0714. The molecule has 2 heterocycles. The molecule has 21 heavy (non-hydrogen) atoms. The van der Waals surface area contributed by atoms with Crippen LogP contribution in [0.15, 0.2) is 42.7 Å². The Morgan fingerprint density at radius 3 is 2.71 bits per heavy atom. The summed E-state index contributed by atoms with van der Waals surface area (Å²) in [4.78, 5) is 11.8. The second-order valence-corrected chi connectivity index (χ2v) is 4.46. The summed E-state index contributed by atoms with van der Waals surface area (Å²) in [7, 11) is 0. The first kappa shape index (κ1) is 12.9. The van der Waals surface area contributed by atoms with E-state index in [4.69, 9.17) is 4.74 Å². The largest absolute Gasteiger partial charge is 0.438 e. The van der Waals surface area contributed by atoms with E-state index < -0.39 is 0 Å². The van der Waals surface area contributed by atoms with Crippen molar-refractivity contribution < 1.29 is 9.53 Å². The van der Waals surface area contributed by atoms with Crippen molar-refractivity contribution in [3.8, 4) is 11.6 Å². The maximum atomic E-state index is 11.8. The van der Waals surface area contributed by atoms with Crippen LogP contribution in [0.1, 0.15) is 16.1 Å². The summed E-state index contributed by atoms with van der Waals surface area (Å²) in [5, 5.41) is 15.9. The van der Waals surface area contributed by atoms with Crippen molar-refractivity contribution in [2.24, 2.45) is 0 Å². The van der Waals surface area contributed by atoms with Crippen molar-refractivity contribution in [1.29, 1.82) is 0 Å². The number of H-pyrrole nitrogens is 2. The molecule has 7 nitrogen and oxygen atoms in total.